The average molecular weight is 207 g/mol. The van der Waals surface area contributed by atoms with E-state index in [2.05, 4.69) is 4.98 Å². The lowest BCUT2D eigenvalue weighted by Crippen LogP contribution is -1.96. The van der Waals surface area contributed by atoms with Crippen LogP contribution in [0.4, 0.5) is 0 Å². The van der Waals surface area contributed by atoms with Gasteiger partial charge in [0.2, 0.25) is 0 Å². The van der Waals surface area contributed by atoms with Crippen molar-refractivity contribution in [3.05, 3.63) is 10.7 Å². The average Bonchev–Trinajstić information content (AvgIpc) is 2.29. The summed E-state index contributed by atoms with van der Waals surface area (Å²) in [7, 11) is -4.23. The molecule has 0 aliphatic heterocycles. The van der Waals surface area contributed by atoms with Crippen LogP contribution in [0, 0.1) is 6.92 Å². The second-order valence-electron chi connectivity index (χ2n) is 2.02. The lowest BCUT2D eigenvalue weighted by molar-refractivity contribution is 0.112. The van der Waals surface area contributed by atoms with E-state index in [0.29, 0.717) is 17.6 Å². The Bertz CT molecular complexity index is 405. The van der Waals surface area contributed by atoms with Crippen LogP contribution in [0.3, 0.4) is 0 Å². The molecule has 0 aromatic carbocycles. The Hall–Kier alpha value is -0.790. The van der Waals surface area contributed by atoms with E-state index in [0.717, 1.165) is 0 Å². The maximum Gasteiger partial charge on any atom is 0.306 e. The van der Waals surface area contributed by atoms with Gasteiger partial charge in [-0.2, -0.15) is 8.42 Å². The quantitative estimate of drug-likeness (QED) is 0.564. The summed E-state index contributed by atoms with van der Waals surface area (Å²) >= 11 is 0.649. The zero-order chi connectivity index (χ0) is 9.35. The fraction of sp³-hybridized carbons (Fsp3) is 0.200. The van der Waals surface area contributed by atoms with Gasteiger partial charge in [0.1, 0.15) is 0 Å². The van der Waals surface area contributed by atoms with Crippen LogP contribution in [0.25, 0.3) is 0 Å². The Morgan fingerprint density at radius 3 is 2.42 bits per heavy atom. The Balaban J connectivity index is 3.36. The molecule has 7 heteroatoms. The van der Waals surface area contributed by atoms with Gasteiger partial charge in [-0.05, 0) is 6.92 Å². The summed E-state index contributed by atoms with van der Waals surface area (Å²) in [6.07, 6.45) is 0.437. The zero-order valence-electron chi connectivity index (χ0n) is 6.01. The molecule has 1 heterocycles. The van der Waals surface area contributed by atoms with E-state index >= 15 is 0 Å². The topological polar surface area (TPSA) is 84.3 Å². The second-order valence-corrected chi connectivity index (χ2v) is 4.67. The number of aryl methyl sites for hydroxylation is 1. The van der Waals surface area contributed by atoms with E-state index in [1.54, 1.807) is 0 Å². The third kappa shape index (κ3) is 1.68. The van der Waals surface area contributed by atoms with Crippen molar-refractivity contribution in [3.8, 4) is 0 Å². The molecule has 0 bridgehead atoms. The van der Waals surface area contributed by atoms with Gasteiger partial charge in [-0.25, -0.2) is 4.98 Å². The van der Waals surface area contributed by atoms with Crippen LogP contribution in [0.2, 0.25) is 0 Å². The molecular weight excluding hydrogens is 202 g/mol. The molecule has 0 radical (unpaired) electrons. The minimum absolute atomic E-state index is 0.0418. The fourth-order valence-electron chi connectivity index (χ4n) is 0.692. The molecule has 0 unspecified atom stereocenters. The highest BCUT2D eigenvalue weighted by Crippen LogP contribution is 2.21. The standard InChI is InChI=1S/C5H5NO4S2/c1-3-5(12(8,9)10)11-4(2-7)6-3/h2H,1H3,(H,8,9,10). The van der Waals surface area contributed by atoms with E-state index < -0.39 is 10.1 Å². The van der Waals surface area contributed by atoms with Crippen molar-refractivity contribution in [3.63, 3.8) is 0 Å². The first kappa shape index (κ1) is 9.30. The van der Waals surface area contributed by atoms with Crippen LogP contribution in [-0.2, 0) is 10.1 Å². The van der Waals surface area contributed by atoms with Gasteiger partial charge in [-0.15, -0.1) is 0 Å². The number of aromatic nitrogens is 1. The first-order valence-electron chi connectivity index (χ1n) is 2.85. The Morgan fingerprint density at radius 2 is 2.17 bits per heavy atom. The molecule has 0 fully saturated rings. The van der Waals surface area contributed by atoms with Crippen LogP contribution in [0.5, 0.6) is 0 Å². The third-order valence-corrected chi connectivity index (χ3v) is 3.63. The number of nitrogens with zero attached hydrogens (tertiary/aromatic N) is 1. The second kappa shape index (κ2) is 2.92. The Labute approximate surface area is 72.8 Å². The SMILES string of the molecule is Cc1nc(C=O)sc1S(=O)(=O)O. The molecule has 0 amide bonds. The maximum atomic E-state index is 10.6. The van der Waals surface area contributed by atoms with Gasteiger partial charge in [-0.3, -0.25) is 9.35 Å². The predicted molar refractivity (Wildman–Crippen MR) is 42.1 cm³/mol. The molecule has 66 valence electrons. The molecule has 1 aromatic heterocycles. The summed E-state index contributed by atoms with van der Waals surface area (Å²) in [6.45, 7) is 1.41. The van der Waals surface area contributed by atoms with Crippen molar-refractivity contribution >= 4 is 27.7 Å². The minimum Gasteiger partial charge on any atom is -0.295 e. The number of hydrogen-bond donors (Lipinski definition) is 1. The van der Waals surface area contributed by atoms with Crippen molar-refractivity contribution in [1.82, 2.24) is 4.98 Å². The molecule has 1 rings (SSSR count). The largest absolute Gasteiger partial charge is 0.306 e. The monoisotopic (exact) mass is 207 g/mol. The summed E-state index contributed by atoms with van der Waals surface area (Å²) in [4.78, 5) is 13.8. The highest BCUT2D eigenvalue weighted by atomic mass is 32.3. The van der Waals surface area contributed by atoms with Gasteiger partial charge in [0.25, 0.3) is 0 Å². The number of aldehydes is 1. The molecule has 5 nitrogen and oxygen atoms in total. The van der Waals surface area contributed by atoms with Gasteiger partial charge in [0.05, 0.1) is 5.69 Å². The van der Waals surface area contributed by atoms with Crippen molar-refractivity contribution in [2.24, 2.45) is 0 Å². The summed E-state index contributed by atoms with van der Waals surface area (Å²) in [5, 5.41) is 0.0418. The minimum atomic E-state index is -4.23. The van der Waals surface area contributed by atoms with Crippen molar-refractivity contribution < 1.29 is 17.8 Å². The van der Waals surface area contributed by atoms with Gasteiger partial charge in [0.15, 0.2) is 15.5 Å². The molecule has 0 aliphatic carbocycles. The maximum absolute atomic E-state index is 10.6. The van der Waals surface area contributed by atoms with Gasteiger partial charge in [-0.1, -0.05) is 11.3 Å². The zero-order valence-corrected chi connectivity index (χ0v) is 7.65. The molecule has 0 saturated carbocycles. The van der Waals surface area contributed by atoms with Gasteiger partial charge >= 0.3 is 10.1 Å². The highest BCUT2D eigenvalue weighted by molar-refractivity contribution is 7.88. The number of rotatable bonds is 2. The molecule has 0 spiro atoms. The van der Waals surface area contributed by atoms with E-state index in [4.69, 9.17) is 4.55 Å². The van der Waals surface area contributed by atoms with Gasteiger partial charge < -0.3 is 0 Å². The van der Waals surface area contributed by atoms with Gasteiger partial charge in [0, 0.05) is 0 Å². The van der Waals surface area contributed by atoms with Crippen molar-refractivity contribution in [2.75, 3.05) is 0 Å². The molecule has 12 heavy (non-hydrogen) atoms. The third-order valence-electron chi connectivity index (χ3n) is 1.11. The molecule has 1 N–H and O–H groups in total. The van der Waals surface area contributed by atoms with E-state index in [1.807, 2.05) is 0 Å². The van der Waals surface area contributed by atoms with Crippen LogP contribution >= 0.6 is 11.3 Å². The highest BCUT2D eigenvalue weighted by Gasteiger charge is 2.18. The van der Waals surface area contributed by atoms with E-state index in [9.17, 15) is 13.2 Å². The summed E-state index contributed by atoms with van der Waals surface area (Å²) in [6, 6.07) is 0. The molecular formula is C5H5NO4S2. The summed E-state index contributed by atoms with van der Waals surface area (Å²) in [5.41, 5.74) is 0.143. The first-order chi connectivity index (χ1) is 5.45. The summed E-state index contributed by atoms with van der Waals surface area (Å²) < 4.78 is 29.5. The van der Waals surface area contributed by atoms with E-state index in [1.165, 1.54) is 6.92 Å². The lowest BCUT2D eigenvalue weighted by Gasteiger charge is -1.88. The Kier molecular flexibility index (Phi) is 2.27. The normalized spacial score (nSPS) is 11.5. The Morgan fingerprint density at radius 1 is 1.58 bits per heavy atom. The van der Waals surface area contributed by atoms with Crippen LogP contribution in [-0.4, -0.2) is 24.2 Å². The number of hydrogen-bond acceptors (Lipinski definition) is 5. The molecule has 0 aliphatic rings. The lowest BCUT2D eigenvalue weighted by atomic mass is 10.6. The van der Waals surface area contributed by atoms with Crippen molar-refractivity contribution in [2.45, 2.75) is 11.1 Å². The number of carbonyl (C=O) groups is 1. The first-order valence-corrected chi connectivity index (χ1v) is 5.11. The molecule has 0 saturated heterocycles. The molecule has 1 aromatic rings. The van der Waals surface area contributed by atoms with Crippen molar-refractivity contribution in [1.29, 1.82) is 0 Å². The number of carbonyl (C=O) groups excluding carboxylic acids is 1. The molecule has 0 atom stereocenters. The smallest absolute Gasteiger partial charge is 0.295 e. The van der Waals surface area contributed by atoms with Crippen LogP contribution in [0.15, 0.2) is 4.21 Å². The predicted octanol–water partition coefficient (Wildman–Crippen LogP) is 0.511. The van der Waals surface area contributed by atoms with E-state index in [-0.39, 0.29) is 14.9 Å². The number of thiazole rings is 1. The van der Waals surface area contributed by atoms with Crippen LogP contribution < -0.4 is 0 Å². The van der Waals surface area contributed by atoms with Crippen LogP contribution in [0.1, 0.15) is 15.5 Å². The summed E-state index contributed by atoms with van der Waals surface area (Å²) in [5.74, 6) is 0. The fourth-order valence-corrected chi connectivity index (χ4v) is 2.40.